The van der Waals surface area contributed by atoms with Gasteiger partial charge in [0.25, 0.3) is 11.5 Å². The van der Waals surface area contributed by atoms with Crippen molar-refractivity contribution < 1.29 is 9.18 Å². The third-order valence-corrected chi connectivity index (χ3v) is 5.52. The molecule has 164 valence electrons. The van der Waals surface area contributed by atoms with E-state index in [1.807, 2.05) is 0 Å². The molecule has 5 aromatic heterocycles. The fourth-order valence-electron chi connectivity index (χ4n) is 3.72. The lowest BCUT2D eigenvalue weighted by Gasteiger charge is -2.11. The van der Waals surface area contributed by atoms with Crippen molar-refractivity contribution in [1.82, 2.24) is 34.4 Å². The zero-order chi connectivity index (χ0) is 22.5. The van der Waals surface area contributed by atoms with E-state index in [1.54, 1.807) is 55.0 Å². The van der Waals surface area contributed by atoms with Gasteiger partial charge in [-0.25, -0.2) is 18.9 Å². The van der Waals surface area contributed by atoms with Crippen LogP contribution in [0.4, 0.5) is 15.9 Å². The van der Waals surface area contributed by atoms with Crippen LogP contribution < -0.4 is 16.2 Å². The van der Waals surface area contributed by atoms with Gasteiger partial charge in [-0.2, -0.15) is 0 Å². The van der Waals surface area contributed by atoms with Crippen LogP contribution in [0.3, 0.4) is 0 Å². The Morgan fingerprint density at radius 3 is 2.85 bits per heavy atom. The van der Waals surface area contributed by atoms with Gasteiger partial charge in [0.1, 0.15) is 17.7 Å². The lowest BCUT2D eigenvalue weighted by atomic mass is 10.3. The fourth-order valence-corrected chi connectivity index (χ4v) is 3.72. The molecular weight excluding hydrogens is 427 g/mol. The van der Waals surface area contributed by atoms with Gasteiger partial charge >= 0.3 is 0 Å². The van der Waals surface area contributed by atoms with Crippen LogP contribution in [0.1, 0.15) is 16.9 Å². The lowest BCUT2D eigenvalue weighted by Crippen LogP contribution is -2.28. The first-order valence-corrected chi connectivity index (χ1v) is 10.3. The molecule has 5 heterocycles. The van der Waals surface area contributed by atoms with Gasteiger partial charge in [0.15, 0.2) is 17.2 Å². The van der Waals surface area contributed by atoms with E-state index < -0.39 is 18.1 Å². The lowest BCUT2D eigenvalue weighted by molar-refractivity contribution is 0.0940. The molecule has 0 aliphatic heterocycles. The predicted octanol–water partition coefficient (Wildman–Crippen LogP) is 2.34. The topological polar surface area (TPSA) is 122 Å². The van der Waals surface area contributed by atoms with E-state index in [0.29, 0.717) is 34.6 Å². The van der Waals surface area contributed by atoms with Gasteiger partial charge in [-0.05, 0) is 30.3 Å². The van der Waals surface area contributed by atoms with Crippen molar-refractivity contribution in [2.24, 2.45) is 0 Å². The van der Waals surface area contributed by atoms with E-state index >= 15 is 0 Å². The number of nitrogens with zero attached hydrogens (tertiary/aromatic N) is 5. The monoisotopic (exact) mass is 444 g/mol. The Morgan fingerprint density at radius 2 is 2.06 bits per heavy atom. The third-order valence-electron chi connectivity index (χ3n) is 5.52. The van der Waals surface area contributed by atoms with Gasteiger partial charge in [-0.3, -0.25) is 14.2 Å². The molecule has 0 spiro atoms. The molecule has 1 saturated carbocycles. The van der Waals surface area contributed by atoms with Gasteiger partial charge in [0, 0.05) is 30.4 Å². The zero-order valence-corrected chi connectivity index (χ0v) is 17.1. The van der Waals surface area contributed by atoms with Gasteiger partial charge in [0.2, 0.25) is 0 Å². The van der Waals surface area contributed by atoms with Crippen LogP contribution in [0.15, 0.2) is 66.0 Å². The highest BCUT2D eigenvalue weighted by Crippen LogP contribution is 2.28. The van der Waals surface area contributed by atoms with E-state index in [4.69, 9.17) is 0 Å². The van der Waals surface area contributed by atoms with Crippen molar-refractivity contribution >= 4 is 34.0 Å². The summed E-state index contributed by atoms with van der Waals surface area (Å²) in [6, 6.07) is 9.99. The molecule has 11 heteroatoms. The molecule has 0 saturated heterocycles. The van der Waals surface area contributed by atoms with Crippen LogP contribution in [0, 0.1) is 0 Å². The minimum atomic E-state index is -1.02. The van der Waals surface area contributed by atoms with Crippen LogP contribution in [-0.4, -0.2) is 47.3 Å². The van der Waals surface area contributed by atoms with Crippen LogP contribution in [-0.2, 0) is 0 Å². The zero-order valence-electron chi connectivity index (χ0n) is 17.1. The number of imidazole rings is 1. The Morgan fingerprint density at radius 1 is 1.18 bits per heavy atom. The molecule has 0 aromatic carbocycles. The number of aromatic amines is 1. The van der Waals surface area contributed by atoms with Crippen molar-refractivity contribution in [3.8, 4) is 5.82 Å². The standard InChI is InChI=1S/C22H17FN8O2/c23-13-10-15(13)28-21(32)16-11-26-20-18-12(6-8-25-18)19(29-31(16)20)27-14-4-3-9-30(22(14)33)17-5-1-2-7-24-17/h1-9,11,13,15,25H,10H2,(H,27,29)(H,28,32)/t13-,15+/m0/s1. The molecule has 1 fully saturated rings. The van der Waals surface area contributed by atoms with Gasteiger partial charge < -0.3 is 15.6 Å². The van der Waals surface area contributed by atoms with Crippen molar-refractivity contribution in [3.05, 3.63) is 77.2 Å². The molecule has 1 amide bonds. The van der Waals surface area contributed by atoms with E-state index in [2.05, 4.69) is 30.7 Å². The summed E-state index contributed by atoms with van der Waals surface area (Å²) in [5.41, 5.74) is 1.22. The number of H-pyrrole nitrogens is 1. The molecule has 33 heavy (non-hydrogen) atoms. The second-order valence-electron chi connectivity index (χ2n) is 7.74. The van der Waals surface area contributed by atoms with Crippen LogP contribution >= 0.6 is 0 Å². The average Bonchev–Trinajstić information content (AvgIpc) is 3.21. The predicted molar refractivity (Wildman–Crippen MR) is 119 cm³/mol. The number of fused-ring (bicyclic) bond motifs is 3. The number of hydrogen-bond acceptors (Lipinski definition) is 6. The van der Waals surface area contributed by atoms with Crippen molar-refractivity contribution in [2.45, 2.75) is 18.6 Å². The minimum Gasteiger partial charge on any atom is -0.358 e. The number of alkyl halides is 1. The quantitative estimate of drug-likeness (QED) is 0.383. The second-order valence-corrected chi connectivity index (χ2v) is 7.74. The Balaban J connectivity index is 1.44. The molecular formula is C22H17FN8O2. The molecule has 0 bridgehead atoms. The number of aromatic nitrogens is 6. The highest BCUT2D eigenvalue weighted by molar-refractivity contribution is 6.01. The second kappa shape index (κ2) is 7.26. The summed E-state index contributed by atoms with van der Waals surface area (Å²) in [5, 5.41) is 11.0. The number of pyridine rings is 2. The summed E-state index contributed by atoms with van der Waals surface area (Å²) in [6.45, 7) is 0. The summed E-state index contributed by atoms with van der Waals surface area (Å²) in [5.74, 6) is 0.381. The molecule has 0 radical (unpaired) electrons. The maximum absolute atomic E-state index is 13.3. The van der Waals surface area contributed by atoms with E-state index in [0.717, 1.165) is 0 Å². The molecule has 1 aliphatic rings. The number of carbonyl (C=O) groups is 1. The summed E-state index contributed by atoms with van der Waals surface area (Å²) in [6.07, 6.45) is 5.65. The molecule has 10 nitrogen and oxygen atoms in total. The average molecular weight is 444 g/mol. The van der Waals surface area contributed by atoms with Crippen LogP contribution in [0.2, 0.25) is 0 Å². The normalized spacial score (nSPS) is 17.4. The number of carbonyl (C=O) groups excluding carboxylic acids is 1. The first-order chi connectivity index (χ1) is 16.1. The molecule has 3 N–H and O–H groups in total. The van der Waals surface area contributed by atoms with Crippen LogP contribution in [0.5, 0.6) is 0 Å². The van der Waals surface area contributed by atoms with Gasteiger partial charge in [0.05, 0.1) is 17.8 Å². The maximum Gasteiger partial charge on any atom is 0.279 e. The van der Waals surface area contributed by atoms with Crippen molar-refractivity contribution in [1.29, 1.82) is 0 Å². The molecule has 0 unspecified atom stereocenters. The Kier molecular flexibility index (Phi) is 4.22. The molecule has 2 atom stereocenters. The van der Waals surface area contributed by atoms with Crippen molar-refractivity contribution in [3.63, 3.8) is 0 Å². The summed E-state index contributed by atoms with van der Waals surface area (Å²) in [7, 11) is 0. The molecule has 5 aromatic rings. The number of halogens is 1. The maximum atomic E-state index is 13.3. The van der Waals surface area contributed by atoms with E-state index in [1.165, 1.54) is 15.3 Å². The van der Waals surface area contributed by atoms with Crippen molar-refractivity contribution in [2.75, 3.05) is 5.32 Å². The van der Waals surface area contributed by atoms with Gasteiger partial charge in [-0.1, -0.05) is 6.07 Å². The Labute approximate surface area is 185 Å². The summed E-state index contributed by atoms with van der Waals surface area (Å²) < 4.78 is 16.1. The smallest absolute Gasteiger partial charge is 0.279 e. The summed E-state index contributed by atoms with van der Waals surface area (Å²) in [4.78, 5) is 37.4. The molecule has 1 aliphatic carbocycles. The first-order valence-electron chi connectivity index (χ1n) is 10.3. The van der Waals surface area contributed by atoms with Gasteiger partial charge in [-0.15, -0.1) is 5.10 Å². The first kappa shape index (κ1) is 19.2. The highest BCUT2D eigenvalue weighted by atomic mass is 19.1. The largest absolute Gasteiger partial charge is 0.358 e. The number of nitrogens with one attached hydrogen (secondary N) is 3. The van der Waals surface area contributed by atoms with E-state index in [9.17, 15) is 14.0 Å². The molecule has 6 rings (SSSR count). The minimum absolute atomic E-state index is 0.169. The van der Waals surface area contributed by atoms with Crippen LogP contribution in [0.25, 0.3) is 22.4 Å². The number of hydrogen-bond donors (Lipinski definition) is 3. The fraction of sp³-hybridized carbons (Fsp3) is 0.136. The number of rotatable bonds is 5. The highest BCUT2D eigenvalue weighted by Gasteiger charge is 2.39. The Bertz CT molecular complexity index is 1570. The third kappa shape index (κ3) is 3.21. The SMILES string of the molecule is O=C(N[C@@H]1C[C@@H]1F)c1cnc2c3[nH]ccc3c(Nc3cccn(-c4ccccn4)c3=O)nn12. The summed E-state index contributed by atoms with van der Waals surface area (Å²) >= 11 is 0. The number of amides is 1. The van der Waals surface area contributed by atoms with E-state index in [-0.39, 0.29) is 16.9 Å². The number of anilines is 2. The Hall–Kier alpha value is -4.54.